The summed E-state index contributed by atoms with van der Waals surface area (Å²) in [7, 11) is 0. The molecular weight excluding hydrogens is 376 g/mol. The first-order chi connectivity index (χ1) is 14.6. The third-order valence-electron chi connectivity index (χ3n) is 6.08. The van der Waals surface area contributed by atoms with Crippen LogP contribution in [0.15, 0.2) is 36.5 Å². The van der Waals surface area contributed by atoms with E-state index in [-0.39, 0.29) is 17.8 Å². The number of nitrogens with zero attached hydrogens (tertiary/aromatic N) is 4. The predicted molar refractivity (Wildman–Crippen MR) is 119 cm³/mol. The van der Waals surface area contributed by atoms with Crippen molar-refractivity contribution in [1.82, 2.24) is 9.97 Å². The third-order valence-corrected chi connectivity index (χ3v) is 6.08. The van der Waals surface area contributed by atoms with Crippen LogP contribution in [-0.2, 0) is 4.79 Å². The van der Waals surface area contributed by atoms with Gasteiger partial charge in [0.05, 0.1) is 6.54 Å². The zero-order chi connectivity index (χ0) is 20.9. The average Bonchev–Trinajstić information content (AvgIpc) is 3.23. The van der Waals surface area contributed by atoms with Gasteiger partial charge in [0.15, 0.2) is 0 Å². The Morgan fingerprint density at radius 3 is 2.60 bits per heavy atom. The third kappa shape index (κ3) is 5.10. The summed E-state index contributed by atoms with van der Waals surface area (Å²) >= 11 is 0. The largest absolute Gasteiger partial charge is 0.489 e. The lowest BCUT2D eigenvalue weighted by molar-refractivity contribution is -0.117. The van der Waals surface area contributed by atoms with Crippen LogP contribution in [0.1, 0.15) is 57.4 Å². The molecule has 2 atom stereocenters. The van der Waals surface area contributed by atoms with Gasteiger partial charge in [-0.2, -0.15) is 4.98 Å². The van der Waals surface area contributed by atoms with E-state index in [1.165, 1.54) is 24.8 Å². The fourth-order valence-corrected chi connectivity index (χ4v) is 4.41. The van der Waals surface area contributed by atoms with Crippen LogP contribution in [0, 0.1) is 0 Å². The minimum absolute atomic E-state index is 0.152. The summed E-state index contributed by atoms with van der Waals surface area (Å²) in [5.41, 5.74) is 1.18. The molecule has 2 aliphatic rings. The van der Waals surface area contributed by atoms with E-state index in [4.69, 9.17) is 9.72 Å². The van der Waals surface area contributed by atoms with Crippen LogP contribution >= 0.6 is 0 Å². The molecule has 30 heavy (non-hydrogen) atoms. The van der Waals surface area contributed by atoms with Crippen LogP contribution in [0.4, 0.5) is 11.8 Å². The number of anilines is 2. The highest BCUT2D eigenvalue weighted by atomic mass is 16.5. The van der Waals surface area contributed by atoms with Crippen molar-refractivity contribution >= 4 is 17.5 Å². The number of piperidine rings is 1. The van der Waals surface area contributed by atoms with Gasteiger partial charge in [-0.3, -0.25) is 0 Å². The molecule has 2 aromatic rings. The number of ether oxygens (including phenoxy) is 1. The fraction of sp³-hybridized carbons (Fsp3) is 0.542. The summed E-state index contributed by atoms with van der Waals surface area (Å²) in [6, 6.07) is 10.2. The Morgan fingerprint density at radius 1 is 1.10 bits per heavy atom. The zero-order valence-corrected chi connectivity index (χ0v) is 18.1. The van der Waals surface area contributed by atoms with Crippen LogP contribution < -0.4 is 14.5 Å². The number of hydrogen-bond acceptors (Lipinski definition) is 6. The summed E-state index contributed by atoms with van der Waals surface area (Å²) in [4.78, 5) is 25.3. The molecule has 0 aliphatic carbocycles. The van der Waals surface area contributed by atoms with E-state index >= 15 is 0 Å². The summed E-state index contributed by atoms with van der Waals surface area (Å²) in [6.45, 7) is 7.61. The quantitative estimate of drug-likeness (QED) is 0.684. The van der Waals surface area contributed by atoms with Crippen LogP contribution in [-0.4, -0.2) is 48.0 Å². The second kappa shape index (κ2) is 9.45. The van der Waals surface area contributed by atoms with E-state index in [9.17, 15) is 4.79 Å². The Morgan fingerprint density at radius 2 is 1.87 bits per heavy atom. The smallest absolute Gasteiger partial charge is 0.227 e. The predicted octanol–water partition coefficient (Wildman–Crippen LogP) is 4.21. The highest BCUT2D eigenvalue weighted by molar-refractivity contribution is 5.76. The number of hydrogen-bond donors (Lipinski definition) is 0. The lowest BCUT2D eigenvalue weighted by atomic mass is 9.96. The normalized spacial score (nSPS) is 20.3. The summed E-state index contributed by atoms with van der Waals surface area (Å²) in [6.07, 6.45) is 7.33. The molecule has 6 nitrogen and oxygen atoms in total. The van der Waals surface area contributed by atoms with Crippen LogP contribution in [0.25, 0.3) is 0 Å². The fourth-order valence-electron chi connectivity index (χ4n) is 4.41. The van der Waals surface area contributed by atoms with E-state index in [1.54, 1.807) is 6.92 Å². The molecule has 1 aromatic heterocycles. The molecular formula is C24H32N4O2. The van der Waals surface area contributed by atoms with E-state index in [0.717, 1.165) is 50.1 Å². The Bertz CT molecular complexity index is 849. The van der Waals surface area contributed by atoms with Crippen LogP contribution in [0.2, 0.25) is 0 Å². The van der Waals surface area contributed by atoms with Crippen molar-refractivity contribution in [2.75, 3.05) is 36.0 Å². The van der Waals surface area contributed by atoms with Gasteiger partial charge in [-0.1, -0.05) is 19.1 Å². The van der Waals surface area contributed by atoms with Gasteiger partial charge in [0.25, 0.3) is 0 Å². The van der Waals surface area contributed by atoms with Crippen molar-refractivity contribution in [2.24, 2.45) is 0 Å². The second-order valence-corrected chi connectivity index (χ2v) is 8.61. The molecule has 160 valence electrons. The molecule has 6 heteroatoms. The molecule has 2 fully saturated rings. The van der Waals surface area contributed by atoms with E-state index < -0.39 is 0 Å². The number of ketones is 1. The van der Waals surface area contributed by atoms with Crippen molar-refractivity contribution in [3.63, 3.8) is 0 Å². The average molecular weight is 409 g/mol. The molecule has 0 unspecified atom stereocenters. The summed E-state index contributed by atoms with van der Waals surface area (Å²) in [5.74, 6) is 3.20. The lowest BCUT2D eigenvalue weighted by Gasteiger charge is -2.27. The first kappa shape index (κ1) is 20.6. The molecule has 0 amide bonds. The SMILES string of the molecule is CC(=O)C[C@@H](C)c1ccc(O[C@@H]2CCN(c3ccnc(N4CCCCC4)n3)C2)cc1. The number of Topliss-reactive ketones (excluding diaryl/α,β-unsaturated/α-hetero) is 1. The molecule has 0 saturated carbocycles. The number of carbonyl (C=O) groups is 1. The van der Waals surface area contributed by atoms with Gasteiger partial charge in [-0.15, -0.1) is 0 Å². The van der Waals surface area contributed by atoms with Gasteiger partial charge in [-0.25, -0.2) is 4.98 Å². The number of aromatic nitrogens is 2. The van der Waals surface area contributed by atoms with Crippen molar-refractivity contribution in [3.05, 3.63) is 42.1 Å². The van der Waals surface area contributed by atoms with E-state index in [0.29, 0.717) is 6.42 Å². The monoisotopic (exact) mass is 408 g/mol. The Labute approximate surface area is 179 Å². The van der Waals surface area contributed by atoms with Crippen molar-refractivity contribution in [3.8, 4) is 5.75 Å². The summed E-state index contributed by atoms with van der Waals surface area (Å²) < 4.78 is 6.23. The first-order valence-electron chi connectivity index (χ1n) is 11.2. The molecule has 0 N–H and O–H groups in total. The van der Waals surface area contributed by atoms with Gasteiger partial charge < -0.3 is 19.3 Å². The van der Waals surface area contributed by atoms with Crippen LogP contribution in [0.3, 0.4) is 0 Å². The van der Waals surface area contributed by atoms with Gasteiger partial charge in [-0.05, 0) is 55.9 Å². The van der Waals surface area contributed by atoms with Gasteiger partial charge in [0, 0.05) is 38.7 Å². The molecule has 0 radical (unpaired) electrons. The number of rotatable bonds is 7. The lowest BCUT2D eigenvalue weighted by Crippen LogP contribution is -2.32. The van der Waals surface area contributed by atoms with Gasteiger partial charge >= 0.3 is 0 Å². The van der Waals surface area contributed by atoms with Gasteiger partial charge in [0.1, 0.15) is 23.5 Å². The Hall–Kier alpha value is -2.63. The Kier molecular flexibility index (Phi) is 6.50. The zero-order valence-electron chi connectivity index (χ0n) is 18.1. The van der Waals surface area contributed by atoms with Crippen molar-refractivity contribution in [2.45, 2.75) is 58.0 Å². The molecule has 0 spiro atoms. The first-order valence-corrected chi connectivity index (χ1v) is 11.2. The molecule has 4 rings (SSSR count). The topological polar surface area (TPSA) is 58.6 Å². The highest BCUT2D eigenvalue weighted by Gasteiger charge is 2.26. The van der Waals surface area contributed by atoms with Crippen molar-refractivity contribution in [1.29, 1.82) is 0 Å². The second-order valence-electron chi connectivity index (χ2n) is 8.61. The minimum Gasteiger partial charge on any atom is -0.489 e. The minimum atomic E-state index is 0.152. The Balaban J connectivity index is 1.34. The van der Waals surface area contributed by atoms with Gasteiger partial charge in [0.2, 0.25) is 5.95 Å². The van der Waals surface area contributed by atoms with E-state index in [1.807, 2.05) is 24.4 Å². The highest BCUT2D eigenvalue weighted by Crippen LogP contribution is 2.26. The number of carbonyl (C=O) groups excluding carboxylic acids is 1. The van der Waals surface area contributed by atoms with E-state index in [2.05, 4.69) is 33.8 Å². The summed E-state index contributed by atoms with van der Waals surface area (Å²) in [5, 5.41) is 0. The van der Waals surface area contributed by atoms with Crippen LogP contribution in [0.5, 0.6) is 5.75 Å². The molecule has 1 aromatic carbocycles. The maximum Gasteiger partial charge on any atom is 0.227 e. The standard InChI is InChI=1S/C24H32N4O2/c1-18(16-19(2)29)20-6-8-21(9-7-20)30-22-11-15-28(17-22)23-10-12-25-24(26-23)27-13-4-3-5-14-27/h6-10,12,18,22H,3-5,11,13-17H2,1-2H3/t18-,22-/m1/s1. The maximum absolute atomic E-state index is 11.3. The molecule has 0 bridgehead atoms. The molecule has 2 saturated heterocycles. The van der Waals surface area contributed by atoms with Crippen molar-refractivity contribution < 1.29 is 9.53 Å². The number of benzene rings is 1. The maximum atomic E-state index is 11.3. The molecule has 2 aliphatic heterocycles. The molecule has 3 heterocycles.